The second kappa shape index (κ2) is 6.43. The van der Waals surface area contributed by atoms with Crippen LogP contribution in [-0.4, -0.2) is 12.3 Å². The van der Waals surface area contributed by atoms with Gasteiger partial charge in [0.25, 0.3) is 0 Å². The highest BCUT2D eigenvalue weighted by Gasteiger charge is 1.96. The molecule has 0 bridgehead atoms. The summed E-state index contributed by atoms with van der Waals surface area (Å²) in [4.78, 5) is 13.7. The third-order valence-electron chi connectivity index (χ3n) is 2.09. The van der Waals surface area contributed by atoms with Crippen LogP contribution in [-0.2, 0) is 0 Å². The van der Waals surface area contributed by atoms with Crippen LogP contribution in [0.5, 0.6) is 0 Å². The lowest BCUT2D eigenvalue weighted by molar-refractivity contribution is 0.101. The molecule has 0 aliphatic rings. The lowest BCUT2D eigenvalue weighted by atomic mass is 10.1. The van der Waals surface area contributed by atoms with Crippen LogP contribution in [0.25, 0.3) is 16.5 Å². The highest BCUT2D eigenvalue weighted by atomic mass is 16.1. The number of benzene rings is 1. The van der Waals surface area contributed by atoms with Gasteiger partial charge in [0.15, 0.2) is 5.78 Å². The number of carbonyl (C=O) groups is 1. The Morgan fingerprint density at radius 3 is 2.69 bits per heavy atom. The van der Waals surface area contributed by atoms with E-state index in [-0.39, 0.29) is 5.78 Å². The van der Waals surface area contributed by atoms with Crippen LogP contribution in [0.4, 0.5) is 0 Å². The van der Waals surface area contributed by atoms with Crippen molar-refractivity contribution in [2.45, 2.75) is 13.3 Å². The van der Waals surface area contributed by atoms with Gasteiger partial charge in [0.1, 0.15) is 0 Å². The predicted octanol–water partition coefficient (Wildman–Crippen LogP) is 3.60. The minimum atomic E-state index is 0.0684. The standard InChI is InChI=1S/C12H13N3O/c1-10(16)12-7-5-11(6-8-12)4-2-3-9-14-15-13/h2,4-8H,3,9H2,1H3. The highest BCUT2D eigenvalue weighted by molar-refractivity contribution is 5.94. The van der Waals surface area contributed by atoms with E-state index in [1.54, 1.807) is 19.1 Å². The summed E-state index contributed by atoms with van der Waals surface area (Å²) >= 11 is 0. The topological polar surface area (TPSA) is 65.8 Å². The lowest BCUT2D eigenvalue weighted by Gasteiger charge is -1.96. The van der Waals surface area contributed by atoms with Crippen molar-refractivity contribution in [2.24, 2.45) is 5.11 Å². The van der Waals surface area contributed by atoms with Gasteiger partial charge in [-0.3, -0.25) is 4.79 Å². The summed E-state index contributed by atoms with van der Waals surface area (Å²) < 4.78 is 0. The zero-order valence-electron chi connectivity index (χ0n) is 9.13. The van der Waals surface area contributed by atoms with Gasteiger partial charge < -0.3 is 0 Å². The lowest BCUT2D eigenvalue weighted by Crippen LogP contribution is -1.90. The largest absolute Gasteiger partial charge is 0.295 e. The summed E-state index contributed by atoms with van der Waals surface area (Å²) in [5, 5.41) is 3.42. The first-order chi connectivity index (χ1) is 7.74. The Labute approximate surface area is 94.2 Å². The van der Waals surface area contributed by atoms with Crippen LogP contribution in [0.2, 0.25) is 0 Å². The van der Waals surface area contributed by atoms with E-state index in [4.69, 9.17) is 5.53 Å². The third-order valence-corrected chi connectivity index (χ3v) is 2.09. The fourth-order valence-corrected chi connectivity index (χ4v) is 1.23. The summed E-state index contributed by atoms with van der Waals surface area (Å²) in [7, 11) is 0. The van der Waals surface area contributed by atoms with Crippen molar-refractivity contribution >= 4 is 11.9 Å². The molecule has 4 heteroatoms. The Balaban J connectivity index is 2.54. The first-order valence-corrected chi connectivity index (χ1v) is 5.02. The third kappa shape index (κ3) is 3.98. The maximum absolute atomic E-state index is 11.0. The average molecular weight is 215 g/mol. The van der Waals surface area contributed by atoms with Crippen molar-refractivity contribution in [1.29, 1.82) is 0 Å². The second-order valence-corrected chi connectivity index (χ2v) is 3.32. The first-order valence-electron chi connectivity index (χ1n) is 5.02. The Morgan fingerprint density at radius 2 is 2.12 bits per heavy atom. The number of hydrogen-bond acceptors (Lipinski definition) is 2. The van der Waals surface area contributed by atoms with Gasteiger partial charge in [-0.2, -0.15) is 0 Å². The Morgan fingerprint density at radius 1 is 1.44 bits per heavy atom. The van der Waals surface area contributed by atoms with Gasteiger partial charge in [-0.1, -0.05) is 41.5 Å². The van der Waals surface area contributed by atoms with Gasteiger partial charge in [0.05, 0.1) is 0 Å². The van der Waals surface area contributed by atoms with E-state index in [1.807, 2.05) is 24.3 Å². The molecule has 16 heavy (non-hydrogen) atoms. The number of hydrogen-bond donors (Lipinski definition) is 0. The van der Waals surface area contributed by atoms with Crippen molar-refractivity contribution in [3.8, 4) is 0 Å². The van der Waals surface area contributed by atoms with Crippen LogP contribution in [0, 0.1) is 0 Å². The molecule has 0 heterocycles. The quantitative estimate of drug-likeness (QED) is 0.243. The van der Waals surface area contributed by atoms with E-state index in [0.717, 1.165) is 12.0 Å². The molecule has 0 unspecified atom stereocenters. The number of ketones is 1. The van der Waals surface area contributed by atoms with Gasteiger partial charge in [0, 0.05) is 17.0 Å². The monoisotopic (exact) mass is 215 g/mol. The second-order valence-electron chi connectivity index (χ2n) is 3.32. The van der Waals surface area contributed by atoms with Crippen molar-refractivity contribution in [3.05, 3.63) is 51.9 Å². The molecular formula is C12H13N3O. The molecule has 0 N–H and O–H groups in total. The molecule has 0 fully saturated rings. The summed E-state index contributed by atoms with van der Waals surface area (Å²) in [6.45, 7) is 2.02. The van der Waals surface area contributed by atoms with E-state index in [2.05, 4.69) is 10.0 Å². The van der Waals surface area contributed by atoms with Gasteiger partial charge >= 0.3 is 0 Å². The molecule has 1 aromatic carbocycles. The predicted molar refractivity (Wildman–Crippen MR) is 64.1 cm³/mol. The van der Waals surface area contributed by atoms with Gasteiger partial charge in [-0.05, 0) is 24.4 Å². The fourth-order valence-electron chi connectivity index (χ4n) is 1.23. The number of rotatable bonds is 5. The summed E-state index contributed by atoms with van der Waals surface area (Å²) in [6, 6.07) is 7.38. The molecular weight excluding hydrogens is 202 g/mol. The first kappa shape index (κ1) is 12.0. The number of Topliss-reactive ketones (excluding diaryl/α,β-unsaturated/α-hetero) is 1. The van der Waals surface area contributed by atoms with E-state index in [0.29, 0.717) is 12.1 Å². The molecule has 0 aromatic heterocycles. The molecule has 0 amide bonds. The molecule has 0 aliphatic heterocycles. The molecule has 0 aliphatic carbocycles. The zero-order chi connectivity index (χ0) is 11.8. The average Bonchev–Trinajstić information content (AvgIpc) is 2.29. The van der Waals surface area contributed by atoms with Crippen LogP contribution in [0.15, 0.2) is 35.5 Å². The van der Waals surface area contributed by atoms with E-state index < -0.39 is 0 Å². The minimum absolute atomic E-state index is 0.0684. The van der Waals surface area contributed by atoms with E-state index in [9.17, 15) is 4.79 Å². The Hall–Kier alpha value is -2.06. The molecule has 0 saturated heterocycles. The summed E-state index contributed by atoms with van der Waals surface area (Å²) in [6.07, 6.45) is 4.60. The maximum Gasteiger partial charge on any atom is 0.159 e. The fraction of sp³-hybridized carbons (Fsp3) is 0.250. The maximum atomic E-state index is 11.0. The van der Waals surface area contributed by atoms with E-state index in [1.165, 1.54) is 0 Å². The van der Waals surface area contributed by atoms with Gasteiger partial charge in [-0.25, -0.2) is 0 Å². The molecule has 4 nitrogen and oxygen atoms in total. The van der Waals surface area contributed by atoms with Crippen LogP contribution < -0.4 is 0 Å². The Kier molecular flexibility index (Phi) is 4.83. The Bertz CT molecular complexity index is 428. The number of nitrogens with zero attached hydrogens (tertiary/aromatic N) is 3. The highest BCUT2D eigenvalue weighted by Crippen LogP contribution is 2.07. The van der Waals surface area contributed by atoms with E-state index >= 15 is 0 Å². The molecule has 0 atom stereocenters. The minimum Gasteiger partial charge on any atom is -0.295 e. The van der Waals surface area contributed by atoms with Crippen molar-refractivity contribution < 1.29 is 4.79 Å². The molecule has 0 radical (unpaired) electrons. The molecule has 1 aromatic rings. The number of carbonyl (C=O) groups excluding carboxylic acids is 1. The van der Waals surface area contributed by atoms with Gasteiger partial charge in [0.2, 0.25) is 0 Å². The van der Waals surface area contributed by atoms with Crippen molar-refractivity contribution in [1.82, 2.24) is 0 Å². The van der Waals surface area contributed by atoms with Gasteiger partial charge in [-0.15, -0.1) is 0 Å². The van der Waals surface area contributed by atoms with Crippen molar-refractivity contribution in [3.63, 3.8) is 0 Å². The van der Waals surface area contributed by atoms with Crippen LogP contribution in [0.3, 0.4) is 0 Å². The molecule has 82 valence electrons. The SMILES string of the molecule is CC(=O)c1ccc(C=CCCN=[N+]=[N-])cc1. The molecule has 1 rings (SSSR count). The van der Waals surface area contributed by atoms with Crippen molar-refractivity contribution in [2.75, 3.05) is 6.54 Å². The molecule has 0 saturated carbocycles. The van der Waals surface area contributed by atoms with Crippen LogP contribution >= 0.6 is 0 Å². The number of azide groups is 1. The smallest absolute Gasteiger partial charge is 0.159 e. The summed E-state index contributed by atoms with van der Waals surface area (Å²) in [5.74, 6) is 0.0684. The zero-order valence-corrected chi connectivity index (χ0v) is 9.13. The summed E-state index contributed by atoms with van der Waals surface area (Å²) in [5.41, 5.74) is 9.81. The van der Waals surface area contributed by atoms with Crippen LogP contribution in [0.1, 0.15) is 29.3 Å². The molecule has 0 spiro atoms. The normalized spacial score (nSPS) is 10.1.